The van der Waals surface area contributed by atoms with E-state index in [1.807, 2.05) is 42.5 Å². The first kappa shape index (κ1) is 19.3. The van der Waals surface area contributed by atoms with Crippen LogP contribution in [0, 0.1) is 0 Å². The van der Waals surface area contributed by atoms with E-state index in [9.17, 15) is 5.11 Å². The number of aromatic hydroxyl groups is 1. The van der Waals surface area contributed by atoms with Crippen molar-refractivity contribution in [2.24, 2.45) is 11.5 Å². The first-order valence-electron chi connectivity index (χ1n) is 7.66. The third kappa shape index (κ3) is 6.10. The zero-order chi connectivity index (χ0) is 15.8. The Bertz CT molecular complexity index is 578. The van der Waals surface area contributed by atoms with Gasteiger partial charge in [-0.05, 0) is 31.0 Å². The predicted octanol–water partition coefficient (Wildman–Crippen LogP) is 3.52. The number of hydrogen-bond donors (Lipinski definition) is 3. The van der Waals surface area contributed by atoms with Crippen LogP contribution >= 0.6 is 12.4 Å². The molecular weight excluding hydrogens is 312 g/mol. The Morgan fingerprint density at radius 2 is 1.78 bits per heavy atom. The van der Waals surface area contributed by atoms with Crippen molar-refractivity contribution in [2.45, 2.75) is 31.9 Å². The van der Waals surface area contributed by atoms with Crippen LogP contribution in [0.2, 0.25) is 0 Å². The maximum atomic E-state index is 10.1. The maximum Gasteiger partial charge on any atom is 0.124 e. The van der Waals surface area contributed by atoms with Crippen molar-refractivity contribution < 1.29 is 9.84 Å². The number of nitrogens with two attached hydrogens (primary N) is 2. The van der Waals surface area contributed by atoms with Gasteiger partial charge in [-0.1, -0.05) is 42.8 Å². The molecule has 0 aliphatic carbocycles. The summed E-state index contributed by atoms with van der Waals surface area (Å²) in [6, 6.07) is 15.1. The lowest BCUT2D eigenvalue weighted by Gasteiger charge is -2.15. The molecule has 5 N–H and O–H groups in total. The van der Waals surface area contributed by atoms with E-state index in [-0.39, 0.29) is 24.2 Å². The molecule has 2 aromatic rings. The fourth-order valence-electron chi connectivity index (χ4n) is 2.33. The van der Waals surface area contributed by atoms with Gasteiger partial charge in [0.1, 0.15) is 18.1 Å². The zero-order valence-electron chi connectivity index (χ0n) is 13.2. The van der Waals surface area contributed by atoms with Crippen molar-refractivity contribution in [1.82, 2.24) is 0 Å². The van der Waals surface area contributed by atoms with Gasteiger partial charge in [-0.2, -0.15) is 0 Å². The second-order valence-electron chi connectivity index (χ2n) is 5.39. The number of ether oxygens (including phenoxy) is 1. The average molecular weight is 337 g/mol. The van der Waals surface area contributed by atoms with Gasteiger partial charge in [0.2, 0.25) is 0 Å². The number of halogens is 1. The van der Waals surface area contributed by atoms with Crippen molar-refractivity contribution in [2.75, 3.05) is 6.54 Å². The van der Waals surface area contributed by atoms with Gasteiger partial charge >= 0.3 is 0 Å². The Hall–Kier alpha value is -1.75. The lowest BCUT2D eigenvalue weighted by Crippen LogP contribution is -2.11. The molecule has 2 aromatic carbocycles. The lowest BCUT2D eigenvalue weighted by atomic mass is 10.0. The van der Waals surface area contributed by atoms with E-state index in [0.29, 0.717) is 18.9 Å². The average Bonchev–Trinajstić information content (AvgIpc) is 2.54. The molecule has 0 aromatic heterocycles. The third-order valence-corrected chi connectivity index (χ3v) is 3.62. The second kappa shape index (κ2) is 10.1. The molecule has 0 amide bonds. The van der Waals surface area contributed by atoms with Crippen LogP contribution in [0.15, 0.2) is 48.5 Å². The molecule has 1 atom stereocenters. The van der Waals surface area contributed by atoms with Crippen LogP contribution in [0.1, 0.15) is 36.4 Å². The summed E-state index contributed by atoms with van der Waals surface area (Å²) in [4.78, 5) is 0. The van der Waals surface area contributed by atoms with Gasteiger partial charge in [-0.3, -0.25) is 0 Å². The summed E-state index contributed by atoms with van der Waals surface area (Å²) in [5, 5.41) is 10.1. The van der Waals surface area contributed by atoms with Crippen molar-refractivity contribution >= 4 is 12.4 Å². The Kier molecular flexibility index (Phi) is 8.48. The number of unbranched alkanes of at least 4 members (excludes halogenated alkanes) is 1. The van der Waals surface area contributed by atoms with Crippen molar-refractivity contribution in [1.29, 1.82) is 0 Å². The van der Waals surface area contributed by atoms with E-state index < -0.39 is 0 Å². The zero-order valence-corrected chi connectivity index (χ0v) is 14.0. The van der Waals surface area contributed by atoms with Gasteiger partial charge in [0.15, 0.2) is 0 Å². The highest BCUT2D eigenvalue weighted by Gasteiger charge is 2.11. The summed E-state index contributed by atoms with van der Waals surface area (Å²) >= 11 is 0. The molecule has 0 fully saturated rings. The van der Waals surface area contributed by atoms with Crippen molar-refractivity contribution in [3.05, 3.63) is 59.7 Å². The minimum atomic E-state index is -0.172. The van der Waals surface area contributed by atoms with Crippen molar-refractivity contribution in [3.8, 4) is 11.5 Å². The Morgan fingerprint density at radius 1 is 1.04 bits per heavy atom. The first-order chi connectivity index (χ1) is 10.7. The normalized spacial score (nSPS) is 11.6. The van der Waals surface area contributed by atoms with Crippen LogP contribution in [0.3, 0.4) is 0 Å². The summed E-state index contributed by atoms with van der Waals surface area (Å²) in [6.07, 6.45) is 2.73. The molecule has 0 heterocycles. The smallest absolute Gasteiger partial charge is 0.124 e. The highest BCUT2D eigenvalue weighted by Crippen LogP contribution is 2.30. The molecule has 2 rings (SSSR count). The van der Waals surface area contributed by atoms with E-state index in [1.165, 1.54) is 0 Å². The van der Waals surface area contributed by atoms with Crippen LogP contribution in [0.25, 0.3) is 0 Å². The second-order valence-corrected chi connectivity index (χ2v) is 5.39. The topological polar surface area (TPSA) is 81.5 Å². The highest BCUT2D eigenvalue weighted by molar-refractivity contribution is 5.85. The molecular formula is C18H25ClN2O2. The standard InChI is InChI=1S/C18H24N2O2.ClH/c19-11-5-4-8-17(20)16-10-9-15(12-18(16)21)22-13-14-6-2-1-3-7-14;/h1-3,6-7,9-10,12,17,21H,4-5,8,11,13,19-20H2;1H/t17-;/m1./s1. The fourth-order valence-corrected chi connectivity index (χ4v) is 2.33. The quantitative estimate of drug-likeness (QED) is 0.644. The Morgan fingerprint density at radius 3 is 2.43 bits per heavy atom. The molecule has 126 valence electrons. The fraction of sp³-hybridized carbons (Fsp3) is 0.333. The largest absolute Gasteiger partial charge is 0.507 e. The summed E-state index contributed by atoms with van der Waals surface area (Å²) in [6.45, 7) is 1.15. The number of phenolic OH excluding ortho intramolecular Hbond substituents is 1. The molecule has 0 radical (unpaired) electrons. The number of rotatable bonds is 8. The van der Waals surface area contributed by atoms with Crippen LogP contribution in [-0.2, 0) is 6.61 Å². The van der Waals surface area contributed by atoms with E-state index >= 15 is 0 Å². The van der Waals surface area contributed by atoms with Crippen molar-refractivity contribution in [3.63, 3.8) is 0 Å². The predicted molar refractivity (Wildman–Crippen MR) is 96.0 cm³/mol. The minimum Gasteiger partial charge on any atom is -0.507 e. The van der Waals surface area contributed by atoms with Crippen LogP contribution in [-0.4, -0.2) is 11.7 Å². The molecule has 0 aliphatic heterocycles. The minimum absolute atomic E-state index is 0. The van der Waals surface area contributed by atoms with Gasteiger partial charge < -0.3 is 21.3 Å². The monoisotopic (exact) mass is 336 g/mol. The Balaban J connectivity index is 0.00000264. The van der Waals surface area contributed by atoms with Gasteiger partial charge in [0.25, 0.3) is 0 Å². The number of hydrogen-bond acceptors (Lipinski definition) is 4. The van der Waals surface area contributed by atoms with Gasteiger partial charge in [0.05, 0.1) is 0 Å². The molecule has 0 saturated carbocycles. The van der Waals surface area contributed by atoms with Gasteiger partial charge in [-0.15, -0.1) is 12.4 Å². The van der Waals surface area contributed by atoms with Gasteiger partial charge in [0, 0.05) is 17.7 Å². The summed E-state index contributed by atoms with van der Waals surface area (Å²) in [7, 11) is 0. The molecule has 4 nitrogen and oxygen atoms in total. The summed E-state index contributed by atoms with van der Waals surface area (Å²) < 4.78 is 5.69. The lowest BCUT2D eigenvalue weighted by molar-refractivity contribution is 0.304. The molecule has 0 spiro atoms. The van der Waals surface area contributed by atoms with E-state index in [0.717, 1.165) is 30.4 Å². The SMILES string of the molecule is Cl.NCCCC[C@@H](N)c1ccc(OCc2ccccc2)cc1O. The number of benzene rings is 2. The molecule has 0 unspecified atom stereocenters. The molecule has 0 saturated heterocycles. The van der Waals surface area contributed by atoms with E-state index in [1.54, 1.807) is 6.07 Å². The summed E-state index contributed by atoms with van der Waals surface area (Å²) in [5.74, 6) is 0.824. The van der Waals surface area contributed by atoms with Gasteiger partial charge in [-0.25, -0.2) is 0 Å². The van der Waals surface area contributed by atoms with E-state index in [4.69, 9.17) is 16.2 Å². The maximum absolute atomic E-state index is 10.1. The molecule has 0 aliphatic rings. The third-order valence-electron chi connectivity index (χ3n) is 3.62. The van der Waals surface area contributed by atoms with Crippen LogP contribution in [0.5, 0.6) is 11.5 Å². The molecule has 5 heteroatoms. The highest BCUT2D eigenvalue weighted by atomic mass is 35.5. The first-order valence-corrected chi connectivity index (χ1v) is 7.66. The van der Waals surface area contributed by atoms with E-state index in [2.05, 4.69) is 0 Å². The molecule has 23 heavy (non-hydrogen) atoms. The number of phenols is 1. The molecule has 0 bridgehead atoms. The van der Waals surface area contributed by atoms with Crippen LogP contribution < -0.4 is 16.2 Å². The van der Waals surface area contributed by atoms with Crippen LogP contribution in [0.4, 0.5) is 0 Å². The Labute approximate surface area is 143 Å². The summed E-state index contributed by atoms with van der Waals surface area (Å²) in [5.41, 5.74) is 13.4.